The molecule has 0 fully saturated rings. The van der Waals surface area contributed by atoms with Crippen LogP contribution in [0.3, 0.4) is 0 Å². The molecule has 0 unspecified atom stereocenters. The molecule has 0 aliphatic carbocycles. The van der Waals surface area contributed by atoms with Crippen LogP contribution in [0.2, 0.25) is 0 Å². The number of nitrogens with zero attached hydrogens (tertiary/aromatic N) is 2. The highest BCUT2D eigenvalue weighted by molar-refractivity contribution is 5.92. The predicted molar refractivity (Wildman–Crippen MR) is 70.1 cm³/mol. The zero-order valence-electron chi connectivity index (χ0n) is 10.4. The Morgan fingerprint density at radius 1 is 1.11 bits per heavy atom. The summed E-state index contributed by atoms with van der Waals surface area (Å²) in [7, 11) is 0. The smallest absolute Gasteiger partial charge is 0.270 e. The maximum absolute atomic E-state index is 11.8. The fourth-order valence-electron chi connectivity index (χ4n) is 1.55. The highest BCUT2D eigenvalue weighted by Gasteiger charge is 2.09. The second-order valence-electron chi connectivity index (χ2n) is 4.25. The van der Waals surface area contributed by atoms with Gasteiger partial charge in [-0.2, -0.15) is 0 Å². The third-order valence-electron chi connectivity index (χ3n) is 2.33. The zero-order valence-corrected chi connectivity index (χ0v) is 10.4. The molecule has 2 aromatic rings. The van der Waals surface area contributed by atoms with Crippen LogP contribution in [0.1, 0.15) is 24.3 Å². The molecule has 0 spiro atoms. The Hall–Kier alpha value is -2.23. The van der Waals surface area contributed by atoms with Crippen LogP contribution in [-0.4, -0.2) is 21.9 Å². The highest BCUT2D eigenvalue weighted by atomic mass is 16.1. The Bertz CT molecular complexity index is 538. The van der Waals surface area contributed by atoms with Gasteiger partial charge in [-0.25, -0.2) is 4.98 Å². The van der Waals surface area contributed by atoms with Crippen molar-refractivity contribution in [3.05, 3.63) is 48.3 Å². The Kier molecular flexibility index (Phi) is 3.67. The molecule has 18 heavy (non-hydrogen) atoms. The first-order valence-electron chi connectivity index (χ1n) is 5.86. The lowest BCUT2D eigenvalue weighted by Gasteiger charge is -2.08. The van der Waals surface area contributed by atoms with Crippen LogP contribution in [0.5, 0.6) is 0 Å². The van der Waals surface area contributed by atoms with Crippen molar-refractivity contribution < 1.29 is 4.79 Å². The number of hydrogen-bond donors (Lipinski definition) is 1. The number of carbonyl (C=O) groups is 1. The molecule has 4 heteroatoms. The van der Waals surface area contributed by atoms with Crippen molar-refractivity contribution in [1.82, 2.24) is 15.3 Å². The van der Waals surface area contributed by atoms with Crippen LogP contribution in [0.15, 0.2) is 42.6 Å². The van der Waals surface area contributed by atoms with E-state index in [1.165, 1.54) is 0 Å². The summed E-state index contributed by atoms with van der Waals surface area (Å²) in [6, 6.07) is 11.1. The molecule has 0 aromatic carbocycles. The Balaban J connectivity index is 2.28. The van der Waals surface area contributed by atoms with Gasteiger partial charge >= 0.3 is 0 Å². The van der Waals surface area contributed by atoms with Crippen LogP contribution < -0.4 is 5.32 Å². The molecule has 1 amide bonds. The number of nitrogens with one attached hydrogen (secondary N) is 1. The van der Waals surface area contributed by atoms with Crippen LogP contribution in [0.4, 0.5) is 0 Å². The van der Waals surface area contributed by atoms with Gasteiger partial charge in [-0.15, -0.1) is 0 Å². The first-order chi connectivity index (χ1) is 8.66. The number of carbonyl (C=O) groups excluding carboxylic acids is 1. The molecule has 1 N–H and O–H groups in total. The van der Waals surface area contributed by atoms with Crippen LogP contribution in [-0.2, 0) is 0 Å². The molecule has 92 valence electrons. The van der Waals surface area contributed by atoms with Crippen LogP contribution in [0, 0.1) is 0 Å². The average Bonchev–Trinajstić information content (AvgIpc) is 2.39. The first kappa shape index (κ1) is 12.2. The van der Waals surface area contributed by atoms with Gasteiger partial charge in [0.2, 0.25) is 0 Å². The van der Waals surface area contributed by atoms with Crippen molar-refractivity contribution in [3.63, 3.8) is 0 Å². The molecule has 0 radical (unpaired) electrons. The quantitative estimate of drug-likeness (QED) is 0.897. The Morgan fingerprint density at radius 3 is 2.56 bits per heavy atom. The van der Waals surface area contributed by atoms with E-state index in [1.54, 1.807) is 12.3 Å². The monoisotopic (exact) mass is 241 g/mol. The SMILES string of the molecule is CC(C)NC(=O)c1cccc(-c2ccccn2)n1. The molecule has 0 saturated heterocycles. The number of aromatic nitrogens is 2. The molecule has 2 rings (SSSR count). The van der Waals surface area contributed by atoms with Gasteiger partial charge in [-0.3, -0.25) is 9.78 Å². The number of amides is 1. The third-order valence-corrected chi connectivity index (χ3v) is 2.33. The lowest BCUT2D eigenvalue weighted by molar-refractivity contribution is 0.0938. The molecule has 0 saturated carbocycles. The molecule has 4 nitrogen and oxygen atoms in total. The summed E-state index contributed by atoms with van der Waals surface area (Å²) in [5.41, 5.74) is 1.87. The second-order valence-corrected chi connectivity index (χ2v) is 4.25. The van der Waals surface area contributed by atoms with Gasteiger partial charge < -0.3 is 5.32 Å². The summed E-state index contributed by atoms with van der Waals surface area (Å²) in [6.07, 6.45) is 1.71. The number of rotatable bonds is 3. The molecular weight excluding hydrogens is 226 g/mol. The largest absolute Gasteiger partial charge is 0.349 e. The van der Waals surface area contributed by atoms with E-state index in [4.69, 9.17) is 0 Å². The summed E-state index contributed by atoms with van der Waals surface area (Å²) in [6.45, 7) is 3.83. The van der Waals surface area contributed by atoms with Crippen molar-refractivity contribution in [2.45, 2.75) is 19.9 Å². The van der Waals surface area contributed by atoms with E-state index in [0.29, 0.717) is 11.4 Å². The molecule has 0 bridgehead atoms. The molecule has 2 aromatic heterocycles. The van der Waals surface area contributed by atoms with E-state index in [2.05, 4.69) is 15.3 Å². The number of pyridine rings is 2. The summed E-state index contributed by atoms with van der Waals surface area (Å²) in [5, 5.41) is 2.82. The maximum Gasteiger partial charge on any atom is 0.270 e. The van der Waals surface area contributed by atoms with Crippen LogP contribution >= 0.6 is 0 Å². The van der Waals surface area contributed by atoms with Gasteiger partial charge in [0.15, 0.2) is 0 Å². The molecule has 2 heterocycles. The van der Waals surface area contributed by atoms with Crippen molar-refractivity contribution in [3.8, 4) is 11.4 Å². The third kappa shape index (κ3) is 2.91. The van der Waals surface area contributed by atoms with Crippen molar-refractivity contribution >= 4 is 5.91 Å². The van der Waals surface area contributed by atoms with E-state index in [-0.39, 0.29) is 11.9 Å². The van der Waals surface area contributed by atoms with Crippen LogP contribution in [0.25, 0.3) is 11.4 Å². The average molecular weight is 241 g/mol. The summed E-state index contributed by atoms with van der Waals surface area (Å²) in [5.74, 6) is -0.164. The van der Waals surface area contributed by atoms with Gasteiger partial charge in [0.25, 0.3) is 5.91 Å². The molecule has 0 aliphatic rings. The van der Waals surface area contributed by atoms with Gasteiger partial charge in [0, 0.05) is 12.2 Å². The topological polar surface area (TPSA) is 54.9 Å². The minimum Gasteiger partial charge on any atom is -0.349 e. The second kappa shape index (κ2) is 5.40. The van der Waals surface area contributed by atoms with E-state index < -0.39 is 0 Å². The van der Waals surface area contributed by atoms with E-state index >= 15 is 0 Å². The Morgan fingerprint density at radius 2 is 1.89 bits per heavy atom. The van der Waals surface area contributed by atoms with Crippen molar-refractivity contribution in [2.24, 2.45) is 0 Å². The molecular formula is C14H15N3O. The lowest BCUT2D eigenvalue weighted by Crippen LogP contribution is -2.30. The molecule has 0 aliphatic heterocycles. The molecule has 0 atom stereocenters. The Labute approximate surface area is 106 Å². The van der Waals surface area contributed by atoms with Crippen molar-refractivity contribution in [2.75, 3.05) is 0 Å². The number of hydrogen-bond acceptors (Lipinski definition) is 3. The summed E-state index contributed by atoms with van der Waals surface area (Å²) < 4.78 is 0. The highest BCUT2D eigenvalue weighted by Crippen LogP contribution is 2.13. The standard InChI is InChI=1S/C14H15N3O/c1-10(2)16-14(18)13-8-5-7-12(17-13)11-6-3-4-9-15-11/h3-10H,1-2H3,(H,16,18). The summed E-state index contributed by atoms with van der Waals surface area (Å²) >= 11 is 0. The fraction of sp³-hybridized carbons (Fsp3) is 0.214. The van der Waals surface area contributed by atoms with E-state index in [0.717, 1.165) is 5.69 Å². The van der Waals surface area contributed by atoms with Gasteiger partial charge in [-0.05, 0) is 38.1 Å². The van der Waals surface area contributed by atoms with Gasteiger partial charge in [-0.1, -0.05) is 12.1 Å². The lowest BCUT2D eigenvalue weighted by atomic mass is 10.2. The minimum atomic E-state index is -0.164. The van der Waals surface area contributed by atoms with Gasteiger partial charge in [0.1, 0.15) is 5.69 Å². The first-order valence-corrected chi connectivity index (χ1v) is 5.86. The maximum atomic E-state index is 11.8. The van der Waals surface area contributed by atoms with E-state index in [1.807, 2.05) is 44.2 Å². The minimum absolute atomic E-state index is 0.0952. The predicted octanol–water partition coefficient (Wildman–Crippen LogP) is 2.28. The van der Waals surface area contributed by atoms with E-state index in [9.17, 15) is 4.79 Å². The zero-order chi connectivity index (χ0) is 13.0. The van der Waals surface area contributed by atoms with Gasteiger partial charge in [0.05, 0.1) is 11.4 Å². The van der Waals surface area contributed by atoms with Crippen molar-refractivity contribution in [1.29, 1.82) is 0 Å². The fourth-order valence-corrected chi connectivity index (χ4v) is 1.55. The normalized spacial score (nSPS) is 10.4. The summed E-state index contributed by atoms with van der Waals surface area (Å²) in [4.78, 5) is 20.4.